The summed E-state index contributed by atoms with van der Waals surface area (Å²) in [5, 5.41) is 6.10. The van der Waals surface area contributed by atoms with Crippen LogP contribution in [-0.2, 0) is 14.8 Å². The van der Waals surface area contributed by atoms with Crippen LogP contribution >= 0.6 is 11.3 Å². The number of hydrogen-bond acceptors (Lipinski definition) is 5. The summed E-state index contributed by atoms with van der Waals surface area (Å²) in [5.41, 5.74) is 4.39. The van der Waals surface area contributed by atoms with Gasteiger partial charge in [0.2, 0.25) is 10.0 Å². The molecule has 0 atom stereocenters. The Morgan fingerprint density at radius 3 is 2.50 bits per heavy atom. The van der Waals surface area contributed by atoms with Gasteiger partial charge in [-0.15, -0.1) is 11.3 Å². The number of benzene rings is 1. The lowest BCUT2D eigenvalue weighted by Crippen LogP contribution is -3.15. The molecule has 0 aliphatic carbocycles. The van der Waals surface area contributed by atoms with Gasteiger partial charge in [-0.3, -0.25) is 4.79 Å². The number of aryl methyl sites for hydroxylation is 1. The zero-order valence-electron chi connectivity index (χ0n) is 16.0. The molecule has 1 saturated heterocycles. The number of carbonyl (C=O) groups excluding carboxylic acids is 1. The van der Waals surface area contributed by atoms with Crippen LogP contribution < -0.4 is 10.3 Å². The van der Waals surface area contributed by atoms with Crippen molar-refractivity contribution in [3.05, 3.63) is 52.2 Å². The maximum atomic E-state index is 12.7. The number of sulfonamides is 1. The molecule has 7 nitrogen and oxygen atoms in total. The fourth-order valence-corrected chi connectivity index (χ4v) is 5.15. The van der Waals surface area contributed by atoms with Gasteiger partial charge in [0.25, 0.3) is 5.91 Å². The fraction of sp³-hybridized carbons (Fsp3) is 0.368. The van der Waals surface area contributed by atoms with Gasteiger partial charge in [0.1, 0.15) is 0 Å². The molecule has 0 radical (unpaired) electrons. The zero-order chi connectivity index (χ0) is 20.1. The van der Waals surface area contributed by atoms with E-state index in [1.54, 1.807) is 35.6 Å². The zero-order valence-corrected chi connectivity index (χ0v) is 17.6. The molecule has 28 heavy (non-hydrogen) atoms. The molecule has 0 saturated carbocycles. The average Bonchev–Trinajstić information content (AvgIpc) is 3.22. The quantitative estimate of drug-likeness (QED) is 0.526. The van der Waals surface area contributed by atoms with Crippen LogP contribution in [0.15, 0.2) is 51.8 Å². The average molecular weight is 422 g/mol. The van der Waals surface area contributed by atoms with Gasteiger partial charge in [-0.1, -0.05) is 23.8 Å². The minimum Gasteiger partial charge on any atom is -0.325 e. The van der Waals surface area contributed by atoms with Gasteiger partial charge in [-0.25, -0.2) is 13.8 Å². The molecule has 1 aromatic heterocycles. The first-order valence-electron chi connectivity index (χ1n) is 9.13. The minimum atomic E-state index is -3.48. The van der Waals surface area contributed by atoms with Gasteiger partial charge in [-0.05, 0) is 37.4 Å². The van der Waals surface area contributed by atoms with Gasteiger partial charge in [0.05, 0.1) is 36.8 Å². The number of hydrogen-bond donors (Lipinski definition) is 2. The number of piperazine rings is 1. The van der Waals surface area contributed by atoms with Gasteiger partial charge in [-0.2, -0.15) is 9.41 Å². The molecule has 0 spiro atoms. The van der Waals surface area contributed by atoms with Crippen molar-refractivity contribution in [3.63, 3.8) is 0 Å². The van der Waals surface area contributed by atoms with Crippen molar-refractivity contribution in [2.45, 2.75) is 18.7 Å². The van der Waals surface area contributed by atoms with Gasteiger partial charge in [0.15, 0.2) is 6.54 Å². The highest BCUT2D eigenvalue weighted by atomic mass is 32.2. The molecule has 9 heteroatoms. The van der Waals surface area contributed by atoms with E-state index in [0.717, 1.165) is 21.1 Å². The van der Waals surface area contributed by atoms with Crippen molar-refractivity contribution in [1.82, 2.24) is 9.73 Å². The van der Waals surface area contributed by atoms with E-state index in [0.29, 0.717) is 31.1 Å². The predicted octanol–water partition coefficient (Wildman–Crippen LogP) is 0.486. The summed E-state index contributed by atoms with van der Waals surface area (Å²) in [7, 11) is -3.48. The standard InChI is InChI=1S/C19H24N4O3S2/c1-15-5-7-17(8-6-15)28(25,26)23-11-9-22(10-12-23)14-19(24)21-20-16(2)18-4-3-13-27-18/h3-8,13H,9-12,14H2,1-2H3,(H,21,24)/p+1/b20-16-. The van der Waals surface area contributed by atoms with Crippen LogP contribution in [0.2, 0.25) is 0 Å². The largest absolute Gasteiger partial charge is 0.325 e. The van der Waals surface area contributed by atoms with Crippen LogP contribution in [0.5, 0.6) is 0 Å². The third kappa shape index (κ3) is 5.05. The number of quaternary nitrogens is 1. The number of carbonyl (C=O) groups is 1. The number of thiophene rings is 1. The monoisotopic (exact) mass is 421 g/mol. The Kier molecular flexibility index (Phi) is 6.61. The molecule has 2 aromatic rings. The van der Waals surface area contributed by atoms with Crippen LogP contribution in [0.3, 0.4) is 0 Å². The summed E-state index contributed by atoms with van der Waals surface area (Å²) in [6.07, 6.45) is 0. The minimum absolute atomic E-state index is 0.166. The van der Waals surface area contributed by atoms with E-state index < -0.39 is 10.0 Å². The highest BCUT2D eigenvalue weighted by Crippen LogP contribution is 2.16. The van der Waals surface area contributed by atoms with Crippen molar-refractivity contribution in [1.29, 1.82) is 0 Å². The van der Waals surface area contributed by atoms with Crippen LogP contribution in [0, 0.1) is 6.92 Å². The number of amides is 1. The maximum absolute atomic E-state index is 12.7. The summed E-state index contributed by atoms with van der Waals surface area (Å²) in [6.45, 7) is 6.04. The van der Waals surface area contributed by atoms with Crippen molar-refractivity contribution in [3.8, 4) is 0 Å². The Balaban J connectivity index is 1.50. The highest BCUT2D eigenvalue weighted by molar-refractivity contribution is 7.89. The molecule has 1 amide bonds. The Hall–Kier alpha value is -2.07. The summed E-state index contributed by atoms with van der Waals surface area (Å²) < 4.78 is 27.0. The van der Waals surface area contributed by atoms with Crippen molar-refractivity contribution in [2.24, 2.45) is 5.10 Å². The lowest BCUT2D eigenvalue weighted by Gasteiger charge is -2.31. The van der Waals surface area contributed by atoms with E-state index in [4.69, 9.17) is 0 Å². The summed E-state index contributed by atoms with van der Waals surface area (Å²) in [6, 6.07) is 10.8. The second kappa shape index (κ2) is 8.95. The maximum Gasteiger partial charge on any atom is 0.295 e. The normalized spacial score (nSPS) is 16.9. The molecular weight excluding hydrogens is 396 g/mol. The summed E-state index contributed by atoms with van der Waals surface area (Å²) >= 11 is 1.57. The van der Waals surface area contributed by atoms with E-state index in [9.17, 15) is 13.2 Å². The SMILES string of the molecule is C/C(=N/NC(=O)C[NH+]1CCN(S(=O)(=O)c2ccc(C)cc2)CC1)c1cccs1. The Morgan fingerprint density at radius 1 is 1.21 bits per heavy atom. The van der Waals surface area contributed by atoms with Gasteiger partial charge >= 0.3 is 0 Å². The molecule has 2 N–H and O–H groups in total. The fourth-order valence-electron chi connectivity index (χ4n) is 3.03. The molecule has 3 rings (SSSR count). The Morgan fingerprint density at radius 2 is 1.89 bits per heavy atom. The third-order valence-electron chi connectivity index (χ3n) is 4.72. The molecule has 1 aliphatic heterocycles. The van der Waals surface area contributed by atoms with Crippen LogP contribution in [0.25, 0.3) is 0 Å². The molecule has 2 heterocycles. The third-order valence-corrected chi connectivity index (χ3v) is 7.62. The van der Waals surface area contributed by atoms with Crippen LogP contribution in [0.4, 0.5) is 0 Å². The second-order valence-electron chi connectivity index (χ2n) is 6.85. The predicted molar refractivity (Wildman–Crippen MR) is 110 cm³/mol. The molecule has 0 unspecified atom stereocenters. The first-order chi connectivity index (χ1) is 13.4. The number of rotatable bonds is 6. The van der Waals surface area contributed by atoms with E-state index in [1.807, 2.05) is 31.4 Å². The van der Waals surface area contributed by atoms with E-state index in [2.05, 4.69) is 10.5 Å². The lowest BCUT2D eigenvalue weighted by molar-refractivity contribution is -0.895. The van der Waals surface area contributed by atoms with Gasteiger partial charge < -0.3 is 4.90 Å². The number of nitrogens with zero attached hydrogens (tertiary/aromatic N) is 2. The summed E-state index contributed by atoms with van der Waals surface area (Å²) in [4.78, 5) is 14.5. The molecule has 150 valence electrons. The number of nitrogens with one attached hydrogen (secondary N) is 2. The van der Waals surface area contributed by atoms with Crippen molar-refractivity contribution < 1.29 is 18.1 Å². The Bertz CT molecular complexity index is 930. The molecule has 1 aliphatic rings. The van der Waals surface area contributed by atoms with Crippen LogP contribution in [0.1, 0.15) is 17.4 Å². The first kappa shape index (κ1) is 20.7. The van der Waals surface area contributed by atoms with Crippen molar-refractivity contribution in [2.75, 3.05) is 32.7 Å². The lowest BCUT2D eigenvalue weighted by atomic mass is 10.2. The summed E-state index contributed by atoms with van der Waals surface area (Å²) in [5.74, 6) is -0.166. The molecule has 1 fully saturated rings. The van der Waals surface area contributed by atoms with Crippen LogP contribution in [-0.4, -0.2) is 57.1 Å². The molecular formula is C19H25N4O3S2+. The van der Waals surface area contributed by atoms with E-state index in [1.165, 1.54) is 4.31 Å². The Labute approximate surface area is 169 Å². The molecule has 1 aromatic carbocycles. The first-order valence-corrected chi connectivity index (χ1v) is 11.5. The van der Waals surface area contributed by atoms with E-state index in [-0.39, 0.29) is 12.5 Å². The number of hydrazone groups is 1. The van der Waals surface area contributed by atoms with Gasteiger partial charge in [0, 0.05) is 4.88 Å². The smallest absolute Gasteiger partial charge is 0.295 e. The molecule has 0 bridgehead atoms. The second-order valence-corrected chi connectivity index (χ2v) is 9.74. The van der Waals surface area contributed by atoms with Crippen molar-refractivity contribution >= 4 is 33.0 Å². The van der Waals surface area contributed by atoms with E-state index >= 15 is 0 Å². The highest BCUT2D eigenvalue weighted by Gasteiger charge is 2.31. The topological polar surface area (TPSA) is 83.3 Å².